The quantitative estimate of drug-likeness (QED) is 0.778. The standard InChI is InChI=1S/C18H19F2N5/c1-12-10-22-17(23-13-5-7-18(19,20)8-6-13)24-16(12)14-11-21-15-4-2-3-9-25(14)15/h2-4,9-11,13H,5-8H2,1H3,(H,22,23,24). The summed E-state index contributed by atoms with van der Waals surface area (Å²) in [5.74, 6) is -2.06. The highest BCUT2D eigenvalue weighted by Gasteiger charge is 2.35. The molecular formula is C18H19F2N5. The fourth-order valence-corrected chi connectivity index (χ4v) is 3.25. The summed E-state index contributed by atoms with van der Waals surface area (Å²) in [5, 5.41) is 3.21. The number of aryl methyl sites for hydroxylation is 1. The Morgan fingerprint density at radius 3 is 2.76 bits per heavy atom. The van der Waals surface area contributed by atoms with E-state index in [1.807, 2.05) is 35.7 Å². The SMILES string of the molecule is Cc1cnc(NC2CCC(F)(F)CC2)nc1-c1cnc2ccccn12. The number of imidazole rings is 1. The highest BCUT2D eigenvalue weighted by atomic mass is 19.3. The molecule has 0 saturated heterocycles. The number of halogens is 2. The van der Waals surface area contributed by atoms with Crippen molar-refractivity contribution in [2.75, 3.05) is 5.32 Å². The van der Waals surface area contributed by atoms with Crippen molar-refractivity contribution in [3.63, 3.8) is 0 Å². The van der Waals surface area contributed by atoms with Crippen molar-refractivity contribution in [3.05, 3.63) is 42.4 Å². The van der Waals surface area contributed by atoms with Crippen LogP contribution in [0.2, 0.25) is 0 Å². The van der Waals surface area contributed by atoms with E-state index in [9.17, 15) is 8.78 Å². The van der Waals surface area contributed by atoms with Crippen LogP contribution in [-0.2, 0) is 0 Å². The van der Waals surface area contributed by atoms with Crippen molar-refractivity contribution in [1.82, 2.24) is 19.4 Å². The van der Waals surface area contributed by atoms with E-state index in [4.69, 9.17) is 0 Å². The van der Waals surface area contributed by atoms with Gasteiger partial charge in [-0.05, 0) is 37.5 Å². The van der Waals surface area contributed by atoms with Crippen LogP contribution in [0.25, 0.3) is 17.0 Å². The number of nitrogens with one attached hydrogen (secondary N) is 1. The molecular weight excluding hydrogens is 324 g/mol. The molecule has 1 aliphatic carbocycles. The number of rotatable bonds is 3. The first kappa shape index (κ1) is 15.9. The third kappa shape index (κ3) is 3.18. The predicted octanol–water partition coefficient (Wildman–Crippen LogP) is 4.09. The van der Waals surface area contributed by atoms with E-state index in [-0.39, 0.29) is 18.9 Å². The zero-order chi connectivity index (χ0) is 17.4. The molecule has 0 radical (unpaired) electrons. The van der Waals surface area contributed by atoms with Gasteiger partial charge in [0.1, 0.15) is 5.65 Å². The number of alkyl halides is 2. The summed E-state index contributed by atoms with van der Waals surface area (Å²) in [4.78, 5) is 13.3. The summed E-state index contributed by atoms with van der Waals surface area (Å²) in [7, 11) is 0. The fraction of sp³-hybridized carbons (Fsp3) is 0.389. The molecule has 1 fully saturated rings. The third-order valence-corrected chi connectivity index (χ3v) is 4.68. The minimum atomic E-state index is -2.53. The smallest absolute Gasteiger partial charge is 0.248 e. The van der Waals surface area contributed by atoms with E-state index in [1.54, 1.807) is 12.4 Å². The lowest BCUT2D eigenvalue weighted by Gasteiger charge is -2.28. The van der Waals surface area contributed by atoms with Crippen LogP contribution in [0.15, 0.2) is 36.8 Å². The molecule has 0 spiro atoms. The third-order valence-electron chi connectivity index (χ3n) is 4.68. The molecule has 0 unspecified atom stereocenters. The second-order valence-corrected chi connectivity index (χ2v) is 6.57. The summed E-state index contributed by atoms with van der Waals surface area (Å²) in [6, 6.07) is 5.79. The van der Waals surface area contributed by atoms with Gasteiger partial charge in [-0.3, -0.25) is 4.40 Å². The molecule has 5 nitrogen and oxygen atoms in total. The Balaban J connectivity index is 1.61. The van der Waals surface area contributed by atoms with Crippen LogP contribution >= 0.6 is 0 Å². The van der Waals surface area contributed by atoms with Crippen molar-refractivity contribution in [2.24, 2.45) is 0 Å². The molecule has 7 heteroatoms. The average molecular weight is 343 g/mol. The Bertz CT molecular complexity index is 895. The van der Waals surface area contributed by atoms with E-state index in [0.29, 0.717) is 18.8 Å². The molecule has 0 atom stereocenters. The van der Waals surface area contributed by atoms with Crippen LogP contribution in [0.4, 0.5) is 14.7 Å². The molecule has 1 N–H and O–H groups in total. The summed E-state index contributed by atoms with van der Waals surface area (Å²) in [6.45, 7) is 1.95. The molecule has 4 rings (SSSR count). The van der Waals surface area contributed by atoms with Gasteiger partial charge in [0.25, 0.3) is 0 Å². The van der Waals surface area contributed by atoms with E-state index in [1.165, 1.54) is 0 Å². The van der Waals surface area contributed by atoms with Crippen LogP contribution < -0.4 is 5.32 Å². The maximum absolute atomic E-state index is 13.3. The number of anilines is 1. The first-order valence-corrected chi connectivity index (χ1v) is 8.42. The van der Waals surface area contributed by atoms with E-state index < -0.39 is 5.92 Å². The summed E-state index contributed by atoms with van der Waals surface area (Å²) in [5.41, 5.74) is 3.46. The number of aromatic nitrogens is 4. The number of pyridine rings is 1. The van der Waals surface area contributed by atoms with E-state index >= 15 is 0 Å². The van der Waals surface area contributed by atoms with Crippen molar-refractivity contribution in [2.45, 2.75) is 44.6 Å². The Morgan fingerprint density at radius 2 is 1.96 bits per heavy atom. The summed E-state index contributed by atoms with van der Waals surface area (Å²) >= 11 is 0. The lowest BCUT2D eigenvalue weighted by molar-refractivity contribution is -0.0361. The topological polar surface area (TPSA) is 55.1 Å². The van der Waals surface area contributed by atoms with Gasteiger partial charge in [0, 0.05) is 31.3 Å². The monoisotopic (exact) mass is 343 g/mol. The maximum Gasteiger partial charge on any atom is 0.248 e. The van der Waals surface area contributed by atoms with Gasteiger partial charge < -0.3 is 5.32 Å². The van der Waals surface area contributed by atoms with E-state index in [0.717, 1.165) is 22.6 Å². The molecule has 3 aromatic rings. The number of nitrogens with zero attached hydrogens (tertiary/aromatic N) is 4. The molecule has 3 aromatic heterocycles. The molecule has 0 bridgehead atoms. The Hall–Kier alpha value is -2.57. The van der Waals surface area contributed by atoms with Crippen LogP contribution in [0.5, 0.6) is 0 Å². The van der Waals surface area contributed by atoms with Gasteiger partial charge in [-0.25, -0.2) is 23.7 Å². The Labute approximate surface area is 144 Å². The van der Waals surface area contributed by atoms with Gasteiger partial charge in [-0.1, -0.05) is 6.07 Å². The van der Waals surface area contributed by atoms with Crippen molar-refractivity contribution < 1.29 is 8.78 Å². The van der Waals surface area contributed by atoms with E-state index in [2.05, 4.69) is 20.3 Å². The highest BCUT2D eigenvalue weighted by Crippen LogP contribution is 2.34. The van der Waals surface area contributed by atoms with Gasteiger partial charge in [-0.15, -0.1) is 0 Å². The van der Waals surface area contributed by atoms with Crippen LogP contribution in [0.1, 0.15) is 31.2 Å². The van der Waals surface area contributed by atoms with Crippen molar-refractivity contribution >= 4 is 11.6 Å². The second-order valence-electron chi connectivity index (χ2n) is 6.57. The number of fused-ring (bicyclic) bond motifs is 1. The maximum atomic E-state index is 13.3. The molecule has 25 heavy (non-hydrogen) atoms. The second kappa shape index (κ2) is 6.06. The summed E-state index contributed by atoms with van der Waals surface area (Å²) < 4.78 is 28.6. The van der Waals surface area contributed by atoms with Crippen molar-refractivity contribution in [1.29, 1.82) is 0 Å². The minimum absolute atomic E-state index is 0.0163. The molecule has 0 amide bonds. The first-order chi connectivity index (χ1) is 12.0. The van der Waals surface area contributed by atoms with Gasteiger partial charge >= 0.3 is 0 Å². The van der Waals surface area contributed by atoms with Gasteiger partial charge in [0.05, 0.1) is 17.6 Å². The van der Waals surface area contributed by atoms with Gasteiger partial charge in [0.2, 0.25) is 11.9 Å². The highest BCUT2D eigenvalue weighted by molar-refractivity contribution is 5.63. The normalized spacial score (nSPS) is 17.7. The first-order valence-electron chi connectivity index (χ1n) is 8.42. The summed E-state index contributed by atoms with van der Waals surface area (Å²) in [6.07, 6.45) is 6.16. The Morgan fingerprint density at radius 1 is 1.16 bits per heavy atom. The minimum Gasteiger partial charge on any atom is -0.351 e. The lowest BCUT2D eigenvalue weighted by Crippen LogP contribution is -2.32. The molecule has 0 aliphatic heterocycles. The number of hydrogen-bond acceptors (Lipinski definition) is 4. The van der Waals surface area contributed by atoms with Gasteiger partial charge in [-0.2, -0.15) is 0 Å². The Kier molecular flexibility index (Phi) is 3.86. The molecule has 0 aromatic carbocycles. The van der Waals surface area contributed by atoms with Gasteiger partial charge in [0.15, 0.2) is 0 Å². The fourth-order valence-electron chi connectivity index (χ4n) is 3.25. The lowest BCUT2D eigenvalue weighted by atomic mass is 9.92. The largest absolute Gasteiger partial charge is 0.351 e. The molecule has 130 valence electrons. The molecule has 1 saturated carbocycles. The molecule has 3 heterocycles. The van der Waals surface area contributed by atoms with Crippen LogP contribution in [-0.4, -0.2) is 31.3 Å². The zero-order valence-corrected chi connectivity index (χ0v) is 13.9. The molecule has 1 aliphatic rings. The predicted molar refractivity (Wildman–Crippen MR) is 91.8 cm³/mol. The van der Waals surface area contributed by atoms with Crippen LogP contribution in [0.3, 0.4) is 0 Å². The van der Waals surface area contributed by atoms with Crippen molar-refractivity contribution in [3.8, 4) is 11.4 Å². The number of hydrogen-bond donors (Lipinski definition) is 1. The average Bonchev–Trinajstić information content (AvgIpc) is 3.02. The van der Waals surface area contributed by atoms with Crippen LogP contribution in [0, 0.1) is 6.92 Å². The zero-order valence-electron chi connectivity index (χ0n) is 13.9.